The maximum Gasteiger partial charge on any atom is 0.312 e. The predicted octanol–water partition coefficient (Wildman–Crippen LogP) is 1.69. The predicted molar refractivity (Wildman–Crippen MR) is 40.2 cm³/mol. The summed E-state index contributed by atoms with van der Waals surface area (Å²) < 4.78 is 37.8. The van der Waals surface area contributed by atoms with Gasteiger partial charge in [0.05, 0.1) is 11.6 Å². The fourth-order valence-electron chi connectivity index (χ4n) is 0.878. The van der Waals surface area contributed by atoms with Gasteiger partial charge in [0, 0.05) is 6.07 Å². The van der Waals surface area contributed by atoms with Crippen molar-refractivity contribution < 1.29 is 23.1 Å². The SMILES string of the molecule is C[C@H](C(=O)O)c1nc(F)c(F)cc1F. The fourth-order valence-corrected chi connectivity index (χ4v) is 0.878. The summed E-state index contributed by atoms with van der Waals surface area (Å²) >= 11 is 0. The Balaban J connectivity index is 3.22. The molecular weight excluding hydrogens is 199 g/mol. The number of carboxylic acids is 1. The van der Waals surface area contributed by atoms with Crippen LogP contribution in [0.3, 0.4) is 0 Å². The Morgan fingerprint density at radius 1 is 1.43 bits per heavy atom. The molecule has 0 bridgehead atoms. The van der Waals surface area contributed by atoms with Crippen LogP contribution < -0.4 is 0 Å². The monoisotopic (exact) mass is 205 g/mol. The van der Waals surface area contributed by atoms with Gasteiger partial charge in [-0.2, -0.15) is 4.39 Å². The molecule has 0 aliphatic carbocycles. The highest BCUT2D eigenvalue weighted by molar-refractivity contribution is 5.74. The molecule has 1 aromatic heterocycles. The average Bonchev–Trinajstić information content (AvgIpc) is 2.10. The molecule has 0 amide bonds. The number of aromatic nitrogens is 1. The zero-order valence-electron chi connectivity index (χ0n) is 7.09. The van der Waals surface area contributed by atoms with Crippen LogP contribution in [0.5, 0.6) is 0 Å². The van der Waals surface area contributed by atoms with Gasteiger partial charge >= 0.3 is 5.97 Å². The highest BCUT2D eigenvalue weighted by Gasteiger charge is 2.22. The van der Waals surface area contributed by atoms with Gasteiger partial charge in [0.25, 0.3) is 0 Å². The molecule has 76 valence electrons. The topological polar surface area (TPSA) is 50.2 Å². The molecule has 0 radical (unpaired) electrons. The number of carboxylic acid groups (broad SMARTS) is 1. The lowest BCUT2D eigenvalue weighted by molar-refractivity contribution is -0.138. The Labute approximate surface area is 77.2 Å². The molecule has 0 aliphatic heterocycles. The molecule has 0 spiro atoms. The molecule has 3 nitrogen and oxygen atoms in total. The molecule has 0 unspecified atom stereocenters. The minimum Gasteiger partial charge on any atom is -0.481 e. The fraction of sp³-hybridized carbons (Fsp3) is 0.250. The second-order valence-electron chi connectivity index (χ2n) is 2.69. The molecule has 0 saturated heterocycles. The van der Waals surface area contributed by atoms with E-state index in [0.717, 1.165) is 6.92 Å². The Morgan fingerprint density at radius 3 is 2.50 bits per heavy atom. The van der Waals surface area contributed by atoms with Crippen molar-refractivity contribution in [3.63, 3.8) is 0 Å². The summed E-state index contributed by atoms with van der Waals surface area (Å²) in [5, 5.41) is 8.50. The quantitative estimate of drug-likeness (QED) is 0.747. The Kier molecular flexibility index (Phi) is 2.73. The van der Waals surface area contributed by atoms with Gasteiger partial charge in [-0.15, -0.1) is 0 Å². The Hall–Kier alpha value is -1.59. The van der Waals surface area contributed by atoms with Crippen molar-refractivity contribution in [3.05, 3.63) is 29.3 Å². The van der Waals surface area contributed by atoms with E-state index in [2.05, 4.69) is 4.98 Å². The smallest absolute Gasteiger partial charge is 0.312 e. The second kappa shape index (κ2) is 3.65. The minimum atomic E-state index is -1.51. The van der Waals surface area contributed by atoms with E-state index in [1.165, 1.54) is 0 Å². The van der Waals surface area contributed by atoms with Gasteiger partial charge in [-0.3, -0.25) is 4.79 Å². The molecule has 1 heterocycles. The van der Waals surface area contributed by atoms with Gasteiger partial charge in [0.15, 0.2) is 5.82 Å². The molecule has 1 rings (SSSR count). The summed E-state index contributed by atoms with van der Waals surface area (Å²) in [6, 6.07) is 0.275. The number of rotatable bonds is 2. The molecule has 14 heavy (non-hydrogen) atoms. The summed E-state index contributed by atoms with van der Waals surface area (Å²) in [7, 11) is 0. The Bertz CT molecular complexity index is 381. The van der Waals surface area contributed by atoms with Crippen LogP contribution in [0.1, 0.15) is 18.5 Å². The van der Waals surface area contributed by atoms with Crippen LogP contribution in [0.2, 0.25) is 0 Å². The van der Waals surface area contributed by atoms with Crippen LogP contribution in [-0.4, -0.2) is 16.1 Å². The Morgan fingerprint density at radius 2 is 2.00 bits per heavy atom. The molecule has 0 aliphatic rings. The number of nitrogens with zero attached hydrogens (tertiary/aromatic N) is 1. The zero-order chi connectivity index (χ0) is 10.9. The zero-order valence-corrected chi connectivity index (χ0v) is 7.09. The van der Waals surface area contributed by atoms with Crippen LogP contribution >= 0.6 is 0 Å². The van der Waals surface area contributed by atoms with Gasteiger partial charge in [-0.1, -0.05) is 0 Å². The van der Waals surface area contributed by atoms with E-state index in [1.54, 1.807) is 0 Å². The van der Waals surface area contributed by atoms with Crippen molar-refractivity contribution in [2.24, 2.45) is 0 Å². The van der Waals surface area contributed by atoms with Crippen LogP contribution in [0.4, 0.5) is 13.2 Å². The molecule has 1 atom stereocenters. The van der Waals surface area contributed by atoms with Crippen molar-refractivity contribution in [1.82, 2.24) is 4.98 Å². The number of hydrogen-bond acceptors (Lipinski definition) is 2. The van der Waals surface area contributed by atoms with Crippen LogP contribution in [-0.2, 0) is 4.79 Å². The van der Waals surface area contributed by atoms with Gasteiger partial charge < -0.3 is 5.11 Å². The van der Waals surface area contributed by atoms with Crippen LogP contribution in [0, 0.1) is 17.6 Å². The standard InChI is InChI=1S/C8H6F3NO2/c1-3(8(13)14)6-4(9)2-5(10)7(11)12-6/h2-3H,1H3,(H,13,14)/t3-/m0/s1. The first-order chi connectivity index (χ1) is 6.43. The number of aliphatic carboxylic acids is 1. The van der Waals surface area contributed by atoms with Crippen molar-refractivity contribution >= 4 is 5.97 Å². The second-order valence-corrected chi connectivity index (χ2v) is 2.69. The van der Waals surface area contributed by atoms with Crippen molar-refractivity contribution in [1.29, 1.82) is 0 Å². The molecular formula is C8H6F3NO2. The average molecular weight is 205 g/mol. The van der Waals surface area contributed by atoms with Crippen molar-refractivity contribution in [2.45, 2.75) is 12.8 Å². The van der Waals surface area contributed by atoms with Gasteiger partial charge in [-0.25, -0.2) is 13.8 Å². The molecule has 0 aromatic carbocycles. The summed E-state index contributed by atoms with van der Waals surface area (Å²) in [5.41, 5.74) is -0.614. The third-order valence-corrected chi connectivity index (χ3v) is 1.69. The number of halogens is 3. The lowest BCUT2D eigenvalue weighted by Crippen LogP contribution is -2.13. The normalized spacial score (nSPS) is 12.6. The van der Waals surface area contributed by atoms with Gasteiger partial charge in [0.1, 0.15) is 5.82 Å². The van der Waals surface area contributed by atoms with Crippen LogP contribution in [0.15, 0.2) is 6.07 Å². The van der Waals surface area contributed by atoms with E-state index < -0.39 is 35.2 Å². The largest absolute Gasteiger partial charge is 0.481 e. The van der Waals surface area contributed by atoms with E-state index in [4.69, 9.17) is 5.11 Å². The van der Waals surface area contributed by atoms with E-state index >= 15 is 0 Å². The maximum absolute atomic E-state index is 12.9. The van der Waals surface area contributed by atoms with Gasteiger partial charge in [-0.05, 0) is 6.92 Å². The third-order valence-electron chi connectivity index (χ3n) is 1.69. The van der Waals surface area contributed by atoms with E-state index in [9.17, 15) is 18.0 Å². The first kappa shape index (κ1) is 10.5. The first-order valence-electron chi connectivity index (χ1n) is 3.67. The summed E-state index contributed by atoms with van der Waals surface area (Å²) in [6.07, 6.45) is 0. The van der Waals surface area contributed by atoms with Gasteiger partial charge in [0.2, 0.25) is 5.95 Å². The molecule has 0 fully saturated rings. The minimum absolute atomic E-state index is 0.275. The highest BCUT2D eigenvalue weighted by Crippen LogP contribution is 2.18. The molecule has 6 heteroatoms. The first-order valence-corrected chi connectivity index (χ1v) is 3.67. The van der Waals surface area contributed by atoms with E-state index in [1.807, 2.05) is 0 Å². The number of pyridine rings is 1. The van der Waals surface area contributed by atoms with Crippen molar-refractivity contribution in [3.8, 4) is 0 Å². The maximum atomic E-state index is 12.9. The number of hydrogen-bond donors (Lipinski definition) is 1. The molecule has 1 aromatic rings. The van der Waals surface area contributed by atoms with E-state index in [-0.39, 0.29) is 6.07 Å². The van der Waals surface area contributed by atoms with E-state index in [0.29, 0.717) is 0 Å². The molecule has 1 N–H and O–H groups in total. The molecule has 0 saturated carbocycles. The highest BCUT2D eigenvalue weighted by atomic mass is 19.2. The summed E-state index contributed by atoms with van der Waals surface area (Å²) in [4.78, 5) is 13.3. The van der Waals surface area contributed by atoms with Crippen LogP contribution in [0.25, 0.3) is 0 Å². The number of carbonyl (C=O) groups is 1. The lowest BCUT2D eigenvalue weighted by atomic mass is 10.1. The van der Waals surface area contributed by atoms with Crippen molar-refractivity contribution in [2.75, 3.05) is 0 Å². The summed E-state index contributed by atoms with van der Waals surface area (Å²) in [6.45, 7) is 1.13. The third kappa shape index (κ3) is 1.84. The lowest BCUT2D eigenvalue weighted by Gasteiger charge is -2.06. The summed E-state index contributed by atoms with van der Waals surface area (Å²) in [5.74, 6) is -6.79.